The summed E-state index contributed by atoms with van der Waals surface area (Å²) in [5.41, 5.74) is 0. The smallest absolute Gasteiger partial charge is 0.342 e. The fraction of sp³-hybridized carbons (Fsp3) is 0.600. The molecule has 10 heavy (non-hydrogen) atoms. The van der Waals surface area contributed by atoms with Crippen LogP contribution in [-0.4, -0.2) is 4.93 Å². The monoisotopic (exact) mass is 172 g/mol. The molecule has 0 spiro atoms. The fourth-order valence-corrected chi connectivity index (χ4v) is 0.338. The molecule has 5 heteroatoms. The van der Waals surface area contributed by atoms with Gasteiger partial charge in [-0.3, -0.25) is 0 Å². The average molecular weight is 172 g/mol. The molecule has 0 aromatic heterocycles. The van der Waals surface area contributed by atoms with Crippen LogP contribution in [0.15, 0.2) is 12.1 Å². The molecule has 0 aromatic carbocycles. The second-order valence-electron chi connectivity index (χ2n) is 2.08. The summed E-state index contributed by atoms with van der Waals surface area (Å²) in [7, 11) is 0. The zero-order valence-electron chi connectivity index (χ0n) is 5.49. The highest BCUT2D eigenvalue weighted by Crippen LogP contribution is 2.22. The van der Waals surface area contributed by atoms with Gasteiger partial charge in [-0.1, -0.05) is 0 Å². The molecule has 0 saturated heterocycles. The van der Waals surface area contributed by atoms with Crippen LogP contribution in [0.1, 0.15) is 13.8 Å². The van der Waals surface area contributed by atoms with Crippen molar-refractivity contribution in [2.75, 3.05) is 0 Å². The highest BCUT2D eigenvalue weighted by Gasteiger charge is 2.17. The Morgan fingerprint density at radius 3 is 1.80 bits per heavy atom. The number of rotatable bonds is 2. The highest BCUT2D eigenvalue weighted by molar-refractivity contribution is 7.81. The Hall–Kier alpha value is -0.320. The van der Waals surface area contributed by atoms with Crippen LogP contribution in [0.2, 0.25) is 0 Å². The van der Waals surface area contributed by atoms with Crippen molar-refractivity contribution in [1.29, 1.82) is 0 Å². The second kappa shape index (κ2) is 3.18. The van der Waals surface area contributed by atoms with Gasteiger partial charge in [-0.2, -0.15) is 13.2 Å². The predicted molar refractivity (Wildman–Crippen MR) is 34.5 cm³/mol. The van der Waals surface area contributed by atoms with Gasteiger partial charge >= 0.3 is 12.1 Å². The Balaban J connectivity index is 4.06. The Labute approximate surface area is 62.3 Å². The lowest BCUT2D eigenvalue weighted by atomic mass is 10.5. The SMILES string of the molecule is CC(C)(S)OC(F)=C(F)F. The predicted octanol–water partition coefficient (Wildman–Crippen LogP) is 2.70. The first-order chi connectivity index (χ1) is 4.33. The maximum absolute atomic E-state index is 11.9. The van der Waals surface area contributed by atoms with E-state index in [0.717, 1.165) is 0 Å². The van der Waals surface area contributed by atoms with Crippen LogP contribution in [0.25, 0.3) is 0 Å². The van der Waals surface area contributed by atoms with Crippen molar-refractivity contribution >= 4 is 12.6 Å². The van der Waals surface area contributed by atoms with E-state index in [1.165, 1.54) is 13.8 Å². The molecular weight excluding hydrogens is 165 g/mol. The molecule has 0 aliphatic heterocycles. The third-order valence-electron chi connectivity index (χ3n) is 0.488. The Morgan fingerprint density at radius 2 is 1.70 bits per heavy atom. The van der Waals surface area contributed by atoms with E-state index >= 15 is 0 Å². The van der Waals surface area contributed by atoms with Gasteiger partial charge in [-0.15, -0.1) is 12.6 Å². The summed E-state index contributed by atoms with van der Waals surface area (Å²) in [5, 5.41) is 0. The van der Waals surface area contributed by atoms with Gasteiger partial charge in [0.05, 0.1) is 0 Å². The van der Waals surface area contributed by atoms with E-state index in [1.807, 2.05) is 0 Å². The first kappa shape index (κ1) is 9.68. The van der Waals surface area contributed by atoms with E-state index in [-0.39, 0.29) is 0 Å². The third kappa shape index (κ3) is 4.55. The van der Waals surface area contributed by atoms with Gasteiger partial charge in [0, 0.05) is 0 Å². The molecule has 0 aliphatic carbocycles. The molecule has 0 rings (SSSR count). The Morgan fingerprint density at radius 1 is 1.30 bits per heavy atom. The lowest BCUT2D eigenvalue weighted by Gasteiger charge is -2.16. The van der Waals surface area contributed by atoms with E-state index < -0.39 is 17.0 Å². The summed E-state index contributed by atoms with van der Waals surface area (Å²) in [6, 6.07) is -1.87. The summed E-state index contributed by atoms with van der Waals surface area (Å²) in [4.78, 5) is -1.21. The summed E-state index contributed by atoms with van der Waals surface area (Å²) in [6.07, 6.45) is -2.47. The molecule has 0 fully saturated rings. The molecule has 0 heterocycles. The average Bonchev–Trinajstić information content (AvgIpc) is 1.60. The van der Waals surface area contributed by atoms with Crippen molar-refractivity contribution in [1.82, 2.24) is 0 Å². The maximum atomic E-state index is 11.9. The zero-order chi connectivity index (χ0) is 8.36. The van der Waals surface area contributed by atoms with Crippen molar-refractivity contribution < 1.29 is 17.9 Å². The van der Waals surface area contributed by atoms with Gasteiger partial charge in [-0.25, -0.2) is 0 Å². The quantitative estimate of drug-likeness (QED) is 0.383. The van der Waals surface area contributed by atoms with Gasteiger partial charge < -0.3 is 4.74 Å². The summed E-state index contributed by atoms with van der Waals surface area (Å²) in [6.45, 7) is 2.69. The minimum atomic E-state index is -2.47. The van der Waals surface area contributed by atoms with Crippen molar-refractivity contribution in [2.24, 2.45) is 0 Å². The number of hydrogen-bond donors (Lipinski definition) is 1. The van der Waals surface area contributed by atoms with Crippen LogP contribution < -0.4 is 0 Å². The Kier molecular flexibility index (Phi) is 3.08. The second-order valence-corrected chi connectivity index (χ2v) is 3.16. The van der Waals surface area contributed by atoms with Crippen LogP contribution in [0, 0.1) is 0 Å². The van der Waals surface area contributed by atoms with E-state index in [2.05, 4.69) is 17.4 Å². The van der Waals surface area contributed by atoms with E-state index in [4.69, 9.17) is 0 Å². The maximum Gasteiger partial charge on any atom is 0.342 e. The Bertz CT molecular complexity index is 145. The summed E-state index contributed by atoms with van der Waals surface area (Å²) >= 11 is 3.66. The summed E-state index contributed by atoms with van der Waals surface area (Å²) in [5.74, 6) is 0. The lowest BCUT2D eigenvalue weighted by molar-refractivity contribution is 0.0528. The number of ether oxygens (including phenoxy) is 1. The largest absolute Gasteiger partial charge is 0.450 e. The molecule has 0 bridgehead atoms. The van der Waals surface area contributed by atoms with Crippen LogP contribution >= 0.6 is 12.6 Å². The first-order valence-corrected chi connectivity index (χ1v) is 2.90. The minimum absolute atomic E-state index is 1.21. The third-order valence-corrected chi connectivity index (χ3v) is 0.579. The first-order valence-electron chi connectivity index (χ1n) is 2.45. The van der Waals surface area contributed by atoms with Crippen LogP contribution in [0.5, 0.6) is 0 Å². The molecule has 0 aromatic rings. The van der Waals surface area contributed by atoms with Crippen molar-refractivity contribution in [3.63, 3.8) is 0 Å². The van der Waals surface area contributed by atoms with Crippen molar-refractivity contribution in [2.45, 2.75) is 18.8 Å². The van der Waals surface area contributed by atoms with Gasteiger partial charge in [0.2, 0.25) is 0 Å². The number of hydrogen-bond acceptors (Lipinski definition) is 2. The highest BCUT2D eigenvalue weighted by atomic mass is 32.1. The van der Waals surface area contributed by atoms with Gasteiger partial charge in [-0.05, 0) is 13.8 Å². The molecule has 0 aliphatic rings. The molecular formula is C5H7F3OS. The number of halogens is 3. The molecule has 0 atom stereocenters. The van der Waals surface area contributed by atoms with Crippen LogP contribution in [-0.2, 0) is 4.74 Å². The van der Waals surface area contributed by atoms with Crippen LogP contribution in [0.4, 0.5) is 13.2 Å². The normalized spacial score (nSPS) is 11.0. The minimum Gasteiger partial charge on any atom is -0.450 e. The fourth-order valence-electron chi connectivity index (χ4n) is 0.258. The van der Waals surface area contributed by atoms with Gasteiger partial charge in [0.1, 0.15) is 4.93 Å². The zero-order valence-corrected chi connectivity index (χ0v) is 6.38. The molecule has 0 N–H and O–H groups in total. The molecule has 0 saturated carbocycles. The van der Waals surface area contributed by atoms with E-state index in [9.17, 15) is 13.2 Å². The number of thiol groups is 1. The summed E-state index contributed by atoms with van der Waals surface area (Å²) < 4.78 is 38.5. The van der Waals surface area contributed by atoms with Crippen molar-refractivity contribution in [3.8, 4) is 0 Å². The molecule has 0 radical (unpaired) electrons. The van der Waals surface area contributed by atoms with Crippen molar-refractivity contribution in [3.05, 3.63) is 12.1 Å². The van der Waals surface area contributed by atoms with Gasteiger partial charge in [0.15, 0.2) is 0 Å². The van der Waals surface area contributed by atoms with Crippen LogP contribution in [0.3, 0.4) is 0 Å². The molecule has 1 nitrogen and oxygen atoms in total. The molecule has 0 unspecified atom stereocenters. The standard InChI is InChI=1S/C5H7F3OS/c1-5(2,10)9-4(8)3(6)7/h10H,1-2H3. The molecule has 60 valence electrons. The topological polar surface area (TPSA) is 9.23 Å². The van der Waals surface area contributed by atoms with E-state index in [1.54, 1.807) is 0 Å². The lowest BCUT2D eigenvalue weighted by Crippen LogP contribution is -2.14. The van der Waals surface area contributed by atoms with Gasteiger partial charge in [0.25, 0.3) is 0 Å². The molecule has 0 amide bonds. The van der Waals surface area contributed by atoms with E-state index in [0.29, 0.717) is 0 Å².